The highest BCUT2D eigenvalue weighted by Gasteiger charge is 2.18. The maximum absolute atomic E-state index is 12.4. The quantitative estimate of drug-likeness (QED) is 0.809. The number of halogens is 3. The zero-order valence-electron chi connectivity index (χ0n) is 13.5. The highest BCUT2D eigenvalue weighted by molar-refractivity contribution is 6.36. The van der Waals surface area contributed by atoms with Gasteiger partial charge in [-0.05, 0) is 36.4 Å². The topological polar surface area (TPSA) is 58.6 Å². The highest BCUT2D eigenvalue weighted by atomic mass is 35.5. The second kappa shape index (κ2) is 8.43. The van der Waals surface area contributed by atoms with Crippen LogP contribution in [0.2, 0.25) is 15.1 Å². The highest BCUT2D eigenvalue weighted by Crippen LogP contribution is 2.27. The maximum atomic E-state index is 12.4. The Morgan fingerprint density at radius 1 is 1.08 bits per heavy atom. The summed E-state index contributed by atoms with van der Waals surface area (Å²) in [5.74, 6) is -0.330. The number of anilines is 1. The molecule has 5 nitrogen and oxygen atoms in total. The molecule has 0 bridgehead atoms. The molecule has 2 rings (SSSR count). The van der Waals surface area contributed by atoms with Crippen LogP contribution in [0.1, 0.15) is 10.4 Å². The van der Waals surface area contributed by atoms with Crippen molar-refractivity contribution < 1.29 is 14.3 Å². The molecule has 0 aromatic heterocycles. The van der Waals surface area contributed by atoms with Gasteiger partial charge in [0.15, 0.2) is 0 Å². The Hall–Kier alpha value is -1.95. The molecule has 0 radical (unpaired) electrons. The molecule has 132 valence electrons. The Balaban J connectivity index is 2.07. The van der Waals surface area contributed by atoms with Gasteiger partial charge in [-0.25, -0.2) is 0 Å². The van der Waals surface area contributed by atoms with E-state index in [-0.39, 0.29) is 17.1 Å². The summed E-state index contributed by atoms with van der Waals surface area (Å²) in [6, 6.07) is 9.40. The van der Waals surface area contributed by atoms with Crippen LogP contribution in [0.15, 0.2) is 36.4 Å². The van der Waals surface area contributed by atoms with Crippen LogP contribution in [0.25, 0.3) is 0 Å². The van der Waals surface area contributed by atoms with Crippen LogP contribution in [-0.4, -0.2) is 37.4 Å². The lowest BCUT2D eigenvalue weighted by Gasteiger charge is -2.18. The smallest absolute Gasteiger partial charge is 0.255 e. The largest absolute Gasteiger partial charge is 0.495 e. The van der Waals surface area contributed by atoms with E-state index in [0.29, 0.717) is 21.5 Å². The van der Waals surface area contributed by atoms with E-state index in [2.05, 4.69) is 5.32 Å². The Kier molecular flexibility index (Phi) is 6.53. The average Bonchev–Trinajstić information content (AvgIpc) is 2.54. The molecule has 1 N–H and O–H groups in total. The molecule has 2 amide bonds. The monoisotopic (exact) mass is 400 g/mol. The fourth-order valence-electron chi connectivity index (χ4n) is 2.12. The van der Waals surface area contributed by atoms with Crippen LogP contribution in [-0.2, 0) is 4.79 Å². The Morgan fingerprint density at radius 3 is 2.36 bits per heavy atom. The average molecular weight is 402 g/mol. The predicted molar refractivity (Wildman–Crippen MR) is 100 cm³/mol. The maximum Gasteiger partial charge on any atom is 0.255 e. The van der Waals surface area contributed by atoms with E-state index < -0.39 is 11.8 Å². The molecule has 0 saturated heterocycles. The summed E-state index contributed by atoms with van der Waals surface area (Å²) in [5, 5.41) is 3.77. The van der Waals surface area contributed by atoms with Crippen molar-refractivity contribution in [3.05, 3.63) is 57.0 Å². The predicted octanol–water partition coefficient (Wildman–Crippen LogP) is 4.37. The van der Waals surface area contributed by atoms with Gasteiger partial charge in [0.25, 0.3) is 5.91 Å². The van der Waals surface area contributed by atoms with E-state index in [1.807, 2.05) is 0 Å². The lowest BCUT2D eigenvalue weighted by Crippen LogP contribution is -2.35. The molecular formula is C17H15Cl3N2O3. The summed E-state index contributed by atoms with van der Waals surface area (Å²) < 4.78 is 5.17. The minimum atomic E-state index is -0.401. The van der Waals surface area contributed by atoms with Gasteiger partial charge in [0.1, 0.15) is 5.75 Å². The first-order valence-corrected chi connectivity index (χ1v) is 8.29. The summed E-state index contributed by atoms with van der Waals surface area (Å²) in [7, 11) is 2.99. The van der Waals surface area contributed by atoms with Crippen LogP contribution >= 0.6 is 34.8 Å². The molecule has 2 aromatic carbocycles. The number of hydrogen-bond donors (Lipinski definition) is 1. The van der Waals surface area contributed by atoms with Crippen molar-refractivity contribution in [3.8, 4) is 5.75 Å². The van der Waals surface area contributed by atoms with E-state index >= 15 is 0 Å². The van der Waals surface area contributed by atoms with Gasteiger partial charge in [-0.2, -0.15) is 0 Å². The molecule has 0 atom stereocenters. The third kappa shape index (κ3) is 5.01. The summed E-state index contributed by atoms with van der Waals surface area (Å²) in [6.45, 7) is -0.173. The van der Waals surface area contributed by atoms with E-state index in [0.717, 1.165) is 0 Å². The number of hydrogen-bond acceptors (Lipinski definition) is 3. The first kappa shape index (κ1) is 19.4. The van der Waals surface area contributed by atoms with Crippen molar-refractivity contribution in [1.82, 2.24) is 4.90 Å². The normalized spacial score (nSPS) is 10.3. The zero-order valence-corrected chi connectivity index (χ0v) is 15.7. The number of carbonyl (C=O) groups is 2. The Bertz CT molecular complexity index is 812. The van der Waals surface area contributed by atoms with Gasteiger partial charge >= 0.3 is 0 Å². The van der Waals surface area contributed by atoms with Crippen molar-refractivity contribution in [1.29, 1.82) is 0 Å². The Morgan fingerprint density at radius 2 is 1.72 bits per heavy atom. The lowest BCUT2D eigenvalue weighted by molar-refractivity contribution is -0.116. The number of ether oxygens (including phenoxy) is 1. The van der Waals surface area contributed by atoms with Gasteiger partial charge in [0.2, 0.25) is 5.91 Å². The number of methoxy groups -OCH3 is 1. The van der Waals surface area contributed by atoms with E-state index in [4.69, 9.17) is 39.5 Å². The van der Waals surface area contributed by atoms with Crippen molar-refractivity contribution in [3.63, 3.8) is 0 Å². The third-order valence-corrected chi connectivity index (χ3v) is 4.11. The van der Waals surface area contributed by atoms with Gasteiger partial charge in [-0.1, -0.05) is 34.8 Å². The number of nitrogens with one attached hydrogen (secondary N) is 1. The summed E-state index contributed by atoms with van der Waals surface area (Å²) in [6.07, 6.45) is 0. The number of nitrogens with zero attached hydrogens (tertiary/aromatic N) is 1. The van der Waals surface area contributed by atoms with E-state index in [9.17, 15) is 9.59 Å². The number of benzene rings is 2. The second-order valence-corrected chi connectivity index (χ2v) is 6.46. The lowest BCUT2D eigenvalue weighted by atomic mass is 10.2. The minimum absolute atomic E-state index is 0.173. The van der Waals surface area contributed by atoms with Crippen LogP contribution in [0.3, 0.4) is 0 Å². The second-order valence-electron chi connectivity index (χ2n) is 5.18. The van der Waals surface area contributed by atoms with Crippen LogP contribution < -0.4 is 10.1 Å². The summed E-state index contributed by atoms with van der Waals surface area (Å²) >= 11 is 17.8. The van der Waals surface area contributed by atoms with Gasteiger partial charge in [0, 0.05) is 17.1 Å². The molecule has 0 heterocycles. The molecule has 8 heteroatoms. The van der Waals surface area contributed by atoms with Crippen molar-refractivity contribution in [2.24, 2.45) is 0 Å². The van der Waals surface area contributed by atoms with Crippen LogP contribution in [0, 0.1) is 0 Å². The van der Waals surface area contributed by atoms with Crippen LogP contribution in [0.4, 0.5) is 5.69 Å². The van der Waals surface area contributed by atoms with Crippen molar-refractivity contribution in [2.45, 2.75) is 0 Å². The van der Waals surface area contributed by atoms with Crippen molar-refractivity contribution >= 4 is 52.3 Å². The summed E-state index contributed by atoms with van der Waals surface area (Å²) in [5.41, 5.74) is 0.687. The fraction of sp³-hybridized carbons (Fsp3) is 0.176. The third-order valence-electron chi connectivity index (χ3n) is 3.32. The Labute approximate surface area is 160 Å². The molecule has 2 aromatic rings. The van der Waals surface area contributed by atoms with E-state index in [1.54, 1.807) is 24.3 Å². The number of likely N-dealkylation sites (N-methyl/N-ethyl adjacent to an activating group) is 1. The number of carbonyl (C=O) groups excluding carboxylic acids is 2. The molecule has 0 saturated carbocycles. The molecular weight excluding hydrogens is 387 g/mol. The summed E-state index contributed by atoms with van der Waals surface area (Å²) in [4.78, 5) is 25.9. The molecule has 0 unspecified atom stereocenters. The van der Waals surface area contributed by atoms with Gasteiger partial charge in [0.05, 0.1) is 29.9 Å². The van der Waals surface area contributed by atoms with Gasteiger partial charge in [-0.15, -0.1) is 0 Å². The molecule has 0 fully saturated rings. The molecule has 0 aliphatic rings. The van der Waals surface area contributed by atoms with Crippen molar-refractivity contribution in [2.75, 3.05) is 26.0 Å². The number of rotatable bonds is 5. The first-order valence-electron chi connectivity index (χ1n) is 7.15. The zero-order chi connectivity index (χ0) is 18.6. The molecule has 0 aliphatic heterocycles. The molecule has 25 heavy (non-hydrogen) atoms. The van der Waals surface area contributed by atoms with Gasteiger partial charge in [-0.3, -0.25) is 9.59 Å². The molecule has 0 spiro atoms. The van der Waals surface area contributed by atoms with Gasteiger partial charge < -0.3 is 15.0 Å². The minimum Gasteiger partial charge on any atom is -0.495 e. The first-order chi connectivity index (χ1) is 11.8. The molecule has 0 aliphatic carbocycles. The van der Waals surface area contributed by atoms with Crippen LogP contribution in [0.5, 0.6) is 5.75 Å². The van der Waals surface area contributed by atoms with E-state index in [1.165, 1.54) is 31.2 Å². The standard InChI is InChI=1S/C17H15Cl3N2O3/c1-22(17(24)12-5-3-10(18)7-13(12)20)9-16(23)21-14-8-11(19)4-6-15(14)25-2/h3-8H,9H2,1-2H3,(H,21,23). The number of amides is 2. The SMILES string of the molecule is COc1ccc(Cl)cc1NC(=O)CN(C)C(=O)c1ccc(Cl)cc1Cl. The fourth-order valence-corrected chi connectivity index (χ4v) is 2.78.